The molecular weight excluding hydrogens is 533 g/mol. The summed E-state index contributed by atoms with van der Waals surface area (Å²) in [5.41, 5.74) is 3.91. The van der Waals surface area contributed by atoms with E-state index in [0.717, 1.165) is 5.52 Å². The second-order valence-corrected chi connectivity index (χ2v) is 9.85. The maximum absolute atomic E-state index is 12.7. The van der Waals surface area contributed by atoms with E-state index in [2.05, 4.69) is 29.5 Å². The number of nitrogens with zero attached hydrogens (tertiary/aromatic N) is 1. The Morgan fingerprint density at radius 1 is 1.03 bits per heavy atom. The second kappa shape index (κ2) is 11.4. The molecule has 7 nitrogen and oxygen atoms in total. The van der Waals surface area contributed by atoms with Crippen LogP contribution in [0.4, 0.5) is 5.69 Å². The van der Waals surface area contributed by atoms with E-state index in [1.807, 2.05) is 24.3 Å². The molecule has 1 atom stereocenters. The predicted molar refractivity (Wildman–Crippen MR) is 151 cm³/mol. The maximum Gasteiger partial charge on any atom is 0.266 e. The summed E-state index contributed by atoms with van der Waals surface area (Å²) in [6.07, 6.45) is -0.873. The van der Waals surface area contributed by atoms with Gasteiger partial charge < -0.3 is 19.2 Å². The lowest BCUT2D eigenvalue weighted by atomic mass is 10.0. The molecule has 37 heavy (non-hydrogen) atoms. The van der Waals surface area contributed by atoms with Crippen molar-refractivity contribution < 1.29 is 18.7 Å². The summed E-state index contributed by atoms with van der Waals surface area (Å²) in [6.45, 7) is 5.85. The van der Waals surface area contributed by atoms with Gasteiger partial charge in [0, 0.05) is 10.6 Å². The number of thiocarbonyl (C=S) groups is 1. The standard InChI is InChI=1S/C27H25Cl2N3O4S/c1-14(2)16-5-9-24-21(11-16)30-26(36-24)17-6-8-23(34-4)20(12-17)31-27(37)32-25(33)15(3)35-22-10-7-18(28)13-19(22)29/h5-15H,1-4H3,(H2,31,32,33,37). The molecule has 0 aliphatic carbocycles. The number of halogens is 2. The van der Waals surface area contributed by atoms with Gasteiger partial charge in [-0.25, -0.2) is 4.98 Å². The molecule has 0 aliphatic rings. The van der Waals surface area contributed by atoms with Crippen LogP contribution in [0.1, 0.15) is 32.3 Å². The minimum absolute atomic E-state index is 0.0669. The first-order valence-electron chi connectivity index (χ1n) is 11.5. The Morgan fingerprint density at radius 2 is 1.78 bits per heavy atom. The van der Waals surface area contributed by atoms with Crippen molar-refractivity contribution in [1.82, 2.24) is 10.3 Å². The van der Waals surface area contributed by atoms with Crippen molar-refractivity contribution in [2.24, 2.45) is 0 Å². The number of fused-ring (bicyclic) bond motifs is 1. The van der Waals surface area contributed by atoms with Crippen molar-refractivity contribution in [2.45, 2.75) is 32.8 Å². The zero-order chi connectivity index (χ0) is 26.7. The molecule has 4 rings (SSSR count). The molecule has 2 N–H and O–H groups in total. The van der Waals surface area contributed by atoms with E-state index in [1.165, 1.54) is 11.6 Å². The molecule has 3 aromatic carbocycles. The molecule has 0 radical (unpaired) electrons. The van der Waals surface area contributed by atoms with E-state index in [9.17, 15) is 4.79 Å². The number of ether oxygens (including phenoxy) is 2. The summed E-state index contributed by atoms with van der Waals surface area (Å²) in [5, 5.41) is 6.46. The average Bonchev–Trinajstić information content (AvgIpc) is 3.29. The number of aromatic nitrogens is 1. The molecule has 0 aliphatic heterocycles. The first-order chi connectivity index (χ1) is 17.6. The number of hydrogen-bond donors (Lipinski definition) is 2. The third-order valence-electron chi connectivity index (χ3n) is 5.58. The van der Waals surface area contributed by atoms with E-state index < -0.39 is 12.0 Å². The predicted octanol–water partition coefficient (Wildman–Crippen LogP) is 7.21. The van der Waals surface area contributed by atoms with Crippen molar-refractivity contribution in [3.63, 3.8) is 0 Å². The van der Waals surface area contributed by atoms with Crippen LogP contribution in [0.15, 0.2) is 59.0 Å². The van der Waals surface area contributed by atoms with Crippen LogP contribution >= 0.6 is 35.4 Å². The molecule has 0 bridgehead atoms. The fourth-order valence-electron chi connectivity index (χ4n) is 3.55. The number of rotatable bonds is 7. The lowest BCUT2D eigenvalue weighted by Gasteiger charge is -2.17. The van der Waals surface area contributed by atoms with Gasteiger partial charge in [-0.2, -0.15) is 0 Å². The highest BCUT2D eigenvalue weighted by Gasteiger charge is 2.19. The minimum Gasteiger partial charge on any atom is -0.495 e. The Kier molecular flexibility index (Phi) is 8.22. The third kappa shape index (κ3) is 6.33. The Hall–Kier alpha value is -3.33. The van der Waals surface area contributed by atoms with Crippen molar-refractivity contribution >= 4 is 63.2 Å². The summed E-state index contributed by atoms with van der Waals surface area (Å²) >= 11 is 17.4. The van der Waals surface area contributed by atoms with E-state index in [4.69, 9.17) is 49.3 Å². The van der Waals surface area contributed by atoms with Gasteiger partial charge in [-0.3, -0.25) is 10.1 Å². The van der Waals surface area contributed by atoms with Crippen molar-refractivity contribution in [2.75, 3.05) is 12.4 Å². The molecule has 1 heterocycles. The number of hydrogen-bond acceptors (Lipinski definition) is 6. The lowest BCUT2D eigenvalue weighted by Crippen LogP contribution is -2.42. The fourth-order valence-corrected chi connectivity index (χ4v) is 4.21. The van der Waals surface area contributed by atoms with Crippen LogP contribution in [0.25, 0.3) is 22.6 Å². The van der Waals surface area contributed by atoms with Gasteiger partial charge in [-0.1, -0.05) is 43.1 Å². The van der Waals surface area contributed by atoms with Gasteiger partial charge in [-0.15, -0.1) is 0 Å². The van der Waals surface area contributed by atoms with Gasteiger partial charge in [0.05, 0.1) is 17.8 Å². The Bertz CT molecular complexity index is 1470. The number of anilines is 1. The maximum atomic E-state index is 12.7. The number of carbonyl (C=O) groups is 1. The Balaban J connectivity index is 1.48. The topological polar surface area (TPSA) is 85.6 Å². The SMILES string of the molecule is COc1ccc(-c2nc3cc(C(C)C)ccc3o2)cc1NC(=S)NC(=O)C(C)Oc1ccc(Cl)cc1Cl. The minimum atomic E-state index is -0.873. The summed E-state index contributed by atoms with van der Waals surface area (Å²) < 4.78 is 17.1. The molecular formula is C27H25Cl2N3O4S. The van der Waals surface area contributed by atoms with Crippen molar-refractivity contribution in [3.05, 3.63) is 70.2 Å². The summed E-state index contributed by atoms with van der Waals surface area (Å²) in [6, 6.07) is 16.1. The number of methoxy groups -OCH3 is 1. The van der Waals surface area contributed by atoms with Crippen LogP contribution in [-0.4, -0.2) is 29.2 Å². The fraction of sp³-hybridized carbons (Fsp3) is 0.222. The van der Waals surface area contributed by atoms with Gasteiger partial charge in [0.2, 0.25) is 5.89 Å². The zero-order valence-electron chi connectivity index (χ0n) is 20.6. The molecule has 4 aromatic rings. The average molecular weight is 558 g/mol. The largest absolute Gasteiger partial charge is 0.495 e. The first-order valence-corrected chi connectivity index (χ1v) is 12.6. The highest BCUT2D eigenvalue weighted by Crippen LogP contribution is 2.33. The van der Waals surface area contributed by atoms with Gasteiger partial charge in [0.25, 0.3) is 5.91 Å². The lowest BCUT2D eigenvalue weighted by molar-refractivity contribution is -0.125. The van der Waals surface area contributed by atoms with Crippen LogP contribution in [-0.2, 0) is 4.79 Å². The van der Waals surface area contributed by atoms with Gasteiger partial charge >= 0.3 is 0 Å². The third-order valence-corrected chi connectivity index (χ3v) is 6.31. The molecule has 0 spiro atoms. The number of carbonyl (C=O) groups excluding carboxylic acids is 1. The molecule has 10 heteroatoms. The highest BCUT2D eigenvalue weighted by molar-refractivity contribution is 7.80. The highest BCUT2D eigenvalue weighted by atomic mass is 35.5. The van der Waals surface area contributed by atoms with E-state index >= 15 is 0 Å². The molecule has 192 valence electrons. The molecule has 0 saturated heterocycles. The molecule has 0 saturated carbocycles. The number of nitrogens with one attached hydrogen (secondary N) is 2. The van der Waals surface area contributed by atoms with Gasteiger partial charge in [-0.05, 0) is 79.2 Å². The number of oxazole rings is 1. The molecule has 1 aromatic heterocycles. The Labute approximate surface area is 230 Å². The van der Waals surface area contributed by atoms with Crippen LogP contribution in [0.2, 0.25) is 10.0 Å². The van der Waals surface area contributed by atoms with Crippen LogP contribution < -0.4 is 20.1 Å². The monoisotopic (exact) mass is 557 g/mol. The van der Waals surface area contributed by atoms with Crippen molar-refractivity contribution in [1.29, 1.82) is 0 Å². The van der Waals surface area contributed by atoms with Crippen LogP contribution in [0.3, 0.4) is 0 Å². The number of benzene rings is 3. The van der Waals surface area contributed by atoms with Crippen molar-refractivity contribution in [3.8, 4) is 23.0 Å². The van der Waals surface area contributed by atoms with E-state index in [1.54, 1.807) is 38.3 Å². The quantitative estimate of drug-likeness (QED) is 0.232. The van der Waals surface area contributed by atoms with E-state index in [-0.39, 0.29) is 5.11 Å². The van der Waals surface area contributed by atoms with Gasteiger partial charge in [0.15, 0.2) is 16.8 Å². The molecule has 0 fully saturated rings. The second-order valence-electron chi connectivity index (χ2n) is 8.59. The molecule has 1 unspecified atom stereocenters. The van der Waals surface area contributed by atoms with Crippen LogP contribution in [0, 0.1) is 0 Å². The number of amides is 1. The summed E-state index contributed by atoms with van der Waals surface area (Å²) in [7, 11) is 1.54. The normalized spacial score (nSPS) is 11.9. The van der Waals surface area contributed by atoms with Gasteiger partial charge in [0.1, 0.15) is 17.0 Å². The molecule has 1 amide bonds. The zero-order valence-corrected chi connectivity index (χ0v) is 22.9. The van der Waals surface area contributed by atoms with E-state index in [0.29, 0.717) is 50.2 Å². The summed E-state index contributed by atoms with van der Waals surface area (Å²) in [5.74, 6) is 1.24. The Morgan fingerprint density at radius 3 is 2.49 bits per heavy atom. The summed E-state index contributed by atoms with van der Waals surface area (Å²) in [4.78, 5) is 17.3. The van der Waals surface area contributed by atoms with Crippen LogP contribution in [0.5, 0.6) is 11.5 Å². The first kappa shape index (κ1) is 26.7. The smallest absolute Gasteiger partial charge is 0.266 e.